The molecule has 2 atom stereocenters. The van der Waals surface area contributed by atoms with E-state index in [1.165, 1.54) is 19.2 Å². The van der Waals surface area contributed by atoms with Crippen LogP contribution < -0.4 is 5.32 Å². The smallest absolute Gasteiger partial charge is 0.149 e. The van der Waals surface area contributed by atoms with E-state index in [4.69, 9.17) is 11.6 Å². The summed E-state index contributed by atoms with van der Waals surface area (Å²) in [7, 11) is 0. The van der Waals surface area contributed by atoms with Crippen LogP contribution in [0, 0.1) is 17.8 Å². The Labute approximate surface area is 113 Å². The zero-order valence-corrected chi connectivity index (χ0v) is 11.7. The van der Waals surface area contributed by atoms with Crippen molar-refractivity contribution in [1.82, 2.24) is 20.5 Å². The van der Waals surface area contributed by atoms with Gasteiger partial charge in [0.1, 0.15) is 12.2 Å². The third-order valence-corrected chi connectivity index (χ3v) is 4.51. The minimum Gasteiger partial charge on any atom is -0.317 e. The SMILES string of the molecule is C[C@H](/C(Cl)=C\c1ncn[nH]1)[C@H](C)C1CCNCC1. The monoisotopic (exact) mass is 268 g/mol. The van der Waals surface area contributed by atoms with Crippen molar-refractivity contribution >= 4 is 17.7 Å². The first-order valence-corrected chi connectivity index (χ1v) is 6.99. The summed E-state index contributed by atoms with van der Waals surface area (Å²) in [5.74, 6) is 2.45. The molecule has 1 aromatic heterocycles. The largest absolute Gasteiger partial charge is 0.317 e. The van der Waals surface area contributed by atoms with Crippen LogP contribution in [-0.2, 0) is 0 Å². The molecule has 2 N–H and O–H groups in total. The highest BCUT2D eigenvalue weighted by atomic mass is 35.5. The molecule has 100 valence electrons. The third-order valence-electron chi connectivity index (χ3n) is 4.06. The van der Waals surface area contributed by atoms with Crippen LogP contribution in [0.3, 0.4) is 0 Å². The second-order valence-electron chi connectivity index (χ2n) is 5.14. The van der Waals surface area contributed by atoms with E-state index in [1.54, 1.807) is 0 Å². The standard InChI is InChI=1S/C13H21ClN4/c1-9(11-3-5-15-6-4-11)10(2)12(14)7-13-16-8-17-18-13/h7-11,15H,3-6H2,1-2H3,(H,16,17,18)/b12-7+/t9-,10-/m0/s1. The van der Waals surface area contributed by atoms with Crippen molar-refractivity contribution in [2.75, 3.05) is 13.1 Å². The highest BCUT2D eigenvalue weighted by molar-refractivity contribution is 6.31. The van der Waals surface area contributed by atoms with Gasteiger partial charge in [-0.2, -0.15) is 5.10 Å². The lowest BCUT2D eigenvalue weighted by atomic mass is 9.78. The number of hydrogen-bond acceptors (Lipinski definition) is 3. The topological polar surface area (TPSA) is 53.6 Å². The van der Waals surface area contributed by atoms with Crippen LogP contribution in [-0.4, -0.2) is 28.3 Å². The number of H-pyrrole nitrogens is 1. The number of aromatic nitrogens is 3. The molecule has 0 unspecified atom stereocenters. The fourth-order valence-corrected chi connectivity index (χ4v) is 2.88. The van der Waals surface area contributed by atoms with Gasteiger partial charge >= 0.3 is 0 Å². The first-order valence-electron chi connectivity index (χ1n) is 6.61. The molecule has 0 aliphatic carbocycles. The molecule has 1 aliphatic rings. The second kappa shape index (κ2) is 6.34. The Kier molecular flexibility index (Phi) is 4.78. The summed E-state index contributed by atoms with van der Waals surface area (Å²) in [6.07, 6.45) is 5.88. The Bertz CT molecular complexity index is 382. The summed E-state index contributed by atoms with van der Waals surface area (Å²) >= 11 is 6.39. The van der Waals surface area contributed by atoms with E-state index < -0.39 is 0 Å². The van der Waals surface area contributed by atoms with Gasteiger partial charge in [0, 0.05) is 5.03 Å². The number of hydrogen-bond donors (Lipinski definition) is 2. The van der Waals surface area contributed by atoms with Gasteiger partial charge in [-0.15, -0.1) is 0 Å². The van der Waals surface area contributed by atoms with Gasteiger partial charge in [0.2, 0.25) is 0 Å². The van der Waals surface area contributed by atoms with Crippen LogP contribution >= 0.6 is 11.6 Å². The maximum atomic E-state index is 6.39. The zero-order chi connectivity index (χ0) is 13.0. The molecule has 0 spiro atoms. The number of allylic oxidation sites excluding steroid dienone is 1. The average Bonchev–Trinajstić information content (AvgIpc) is 2.91. The van der Waals surface area contributed by atoms with E-state index in [-0.39, 0.29) is 0 Å². The van der Waals surface area contributed by atoms with Crippen molar-refractivity contribution in [2.24, 2.45) is 17.8 Å². The van der Waals surface area contributed by atoms with Crippen LogP contribution in [0.4, 0.5) is 0 Å². The maximum Gasteiger partial charge on any atom is 0.149 e. The van der Waals surface area contributed by atoms with E-state index >= 15 is 0 Å². The normalized spacial score (nSPS) is 21.8. The number of piperidine rings is 1. The van der Waals surface area contributed by atoms with Gasteiger partial charge in [-0.3, -0.25) is 5.10 Å². The van der Waals surface area contributed by atoms with Crippen molar-refractivity contribution in [3.05, 3.63) is 17.2 Å². The van der Waals surface area contributed by atoms with Gasteiger partial charge in [0.15, 0.2) is 0 Å². The predicted molar refractivity (Wildman–Crippen MR) is 74.1 cm³/mol. The first-order chi connectivity index (χ1) is 8.68. The van der Waals surface area contributed by atoms with Gasteiger partial charge in [-0.25, -0.2) is 4.98 Å². The van der Waals surface area contributed by atoms with E-state index in [1.807, 2.05) is 6.08 Å². The second-order valence-corrected chi connectivity index (χ2v) is 5.57. The van der Waals surface area contributed by atoms with E-state index in [0.29, 0.717) is 11.8 Å². The van der Waals surface area contributed by atoms with Crippen LogP contribution in [0.5, 0.6) is 0 Å². The molecule has 0 radical (unpaired) electrons. The quantitative estimate of drug-likeness (QED) is 0.883. The number of nitrogens with one attached hydrogen (secondary N) is 2. The van der Waals surface area contributed by atoms with Gasteiger partial charge in [-0.1, -0.05) is 25.4 Å². The Morgan fingerprint density at radius 1 is 1.44 bits per heavy atom. The number of nitrogens with zero attached hydrogens (tertiary/aromatic N) is 2. The zero-order valence-electron chi connectivity index (χ0n) is 11.0. The summed E-state index contributed by atoms with van der Waals surface area (Å²) in [5, 5.41) is 10.9. The lowest BCUT2D eigenvalue weighted by Crippen LogP contribution is -2.32. The molecule has 1 aromatic rings. The fourth-order valence-electron chi connectivity index (χ4n) is 2.58. The molecular formula is C13H21ClN4. The molecule has 1 saturated heterocycles. The summed E-state index contributed by atoms with van der Waals surface area (Å²) < 4.78 is 0. The predicted octanol–water partition coefficient (Wildman–Crippen LogP) is 2.66. The molecule has 1 fully saturated rings. The Balaban J connectivity index is 1.98. The Morgan fingerprint density at radius 3 is 2.78 bits per heavy atom. The minimum atomic E-state index is 0.361. The van der Waals surface area contributed by atoms with Crippen molar-refractivity contribution < 1.29 is 0 Å². The Morgan fingerprint density at radius 2 is 2.17 bits per heavy atom. The molecule has 18 heavy (non-hydrogen) atoms. The van der Waals surface area contributed by atoms with Crippen molar-refractivity contribution in [2.45, 2.75) is 26.7 Å². The van der Waals surface area contributed by atoms with Crippen LogP contribution in [0.25, 0.3) is 6.08 Å². The minimum absolute atomic E-state index is 0.361. The lowest BCUT2D eigenvalue weighted by molar-refractivity contribution is 0.235. The van der Waals surface area contributed by atoms with Gasteiger partial charge < -0.3 is 5.32 Å². The highest BCUT2D eigenvalue weighted by Crippen LogP contribution is 2.33. The molecule has 2 rings (SSSR count). The van der Waals surface area contributed by atoms with E-state index in [9.17, 15) is 0 Å². The van der Waals surface area contributed by atoms with Crippen LogP contribution in [0.1, 0.15) is 32.5 Å². The summed E-state index contributed by atoms with van der Waals surface area (Å²) in [4.78, 5) is 4.07. The number of aromatic amines is 1. The van der Waals surface area contributed by atoms with Gasteiger partial charge in [0.05, 0.1) is 0 Å². The van der Waals surface area contributed by atoms with Gasteiger partial charge in [-0.05, 0) is 49.8 Å². The van der Waals surface area contributed by atoms with Crippen molar-refractivity contribution in [3.8, 4) is 0 Å². The van der Waals surface area contributed by atoms with E-state index in [2.05, 4.69) is 34.3 Å². The van der Waals surface area contributed by atoms with Crippen LogP contribution in [0.15, 0.2) is 11.4 Å². The molecular weight excluding hydrogens is 248 g/mol. The molecule has 0 amide bonds. The highest BCUT2D eigenvalue weighted by Gasteiger charge is 2.25. The Hall–Kier alpha value is -0.870. The first kappa shape index (κ1) is 13.6. The fraction of sp³-hybridized carbons (Fsp3) is 0.692. The summed E-state index contributed by atoms with van der Waals surface area (Å²) in [5.41, 5.74) is 0. The van der Waals surface area contributed by atoms with E-state index in [0.717, 1.165) is 29.9 Å². The average molecular weight is 269 g/mol. The molecule has 0 bridgehead atoms. The summed E-state index contributed by atoms with van der Waals surface area (Å²) in [6.45, 7) is 6.76. The molecule has 5 heteroatoms. The lowest BCUT2D eigenvalue weighted by Gasteiger charge is -2.32. The molecule has 0 aromatic carbocycles. The maximum absolute atomic E-state index is 6.39. The van der Waals surface area contributed by atoms with Gasteiger partial charge in [0.25, 0.3) is 0 Å². The van der Waals surface area contributed by atoms with Crippen LogP contribution in [0.2, 0.25) is 0 Å². The number of rotatable bonds is 4. The molecule has 1 aliphatic heterocycles. The molecule has 4 nitrogen and oxygen atoms in total. The van der Waals surface area contributed by atoms with Crippen molar-refractivity contribution in [3.63, 3.8) is 0 Å². The third kappa shape index (κ3) is 3.33. The molecule has 2 heterocycles. The number of halogens is 1. The molecule has 0 saturated carbocycles. The van der Waals surface area contributed by atoms with Crippen molar-refractivity contribution in [1.29, 1.82) is 0 Å². The summed E-state index contributed by atoms with van der Waals surface area (Å²) in [6, 6.07) is 0.